The molecular formula is C27H40O4. The summed E-state index contributed by atoms with van der Waals surface area (Å²) in [5.74, 6) is 0.749. The molecule has 172 valence electrons. The molecule has 0 aliphatic carbocycles. The first kappa shape index (κ1) is 25.4. The number of aliphatic hydroxyl groups excluding tert-OH is 3. The minimum atomic E-state index is -1.18. The maximum absolute atomic E-state index is 10.1. The Bertz CT molecular complexity index is 729. The number of para-hydroxylation sites is 1. The van der Waals surface area contributed by atoms with E-state index in [0.29, 0.717) is 0 Å². The quantitative estimate of drug-likeness (QED) is 0.334. The summed E-state index contributed by atoms with van der Waals surface area (Å²) in [7, 11) is 0. The molecular weight excluding hydrogens is 388 g/mol. The van der Waals surface area contributed by atoms with E-state index in [1.807, 2.05) is 49.4 Å². The summed E-state index contributed by atoms with van der Waals surface area (Å²) in [5, 5.41) is 30.2. The molecule has 0 saturated heterocycles. The number of hydrogen-bond acceptors (Lipinski definition) is 4. The van der Waals surface area contributed by atoms with Gasteiger partial charge < -0.3 is 20.1 Å². The third-order valence-electron chi connectivity index (χ3n) is 6.15. The van der Waals surface area contributed by atoms with Crippen LogP contribution in [0.1, 0.15) is 74.7 Å². The molecule has 31 heavy (non-hydrogen) atoms. The number of aliphatic hydroxyl groups is 3. The van der Waals surface area contributed by atoms with Crippen molar-refractivity contribution in [1.29, 1.82) is 0 Å². The van der Waals surface area contributed by atoms with Crippen LogP contribution in [0, 0.1) is 12.3 Å². The summed E-state index contributed by atoms with van der Waals surface area (Å²) < 4.78 is 6.44. The number of ether oxygens (including phenoxy) is 1. The first-order valence-corrected chi connectivity index (χ1v) is 11.7. The van der Waals surface area contributed by atoms with Gasteiger partial charge in [0.2, 0.25) is 0 Å². The van der Waals surface area contributed by atoms with Gasteiger partial charge in [0.15, 0.2) is 0 Å². The van der Waals surface area contributed by atoms with Crippen molar-refractivity contribution in [2.24, 2.45) is 5.41 Å². The Balaban J connectivity index is 2.16. The molecule has 0 aromatic heterocycles. The SMILES string of the molecule is CCCCCCCCCc1ccccc1OC(c1ccc(C)cc1)C(CO)(CO)CO. The van der Waals surface area contributed by atoms with Gasteiger partial charge in [0.25, 0.3) is 0 Å². The smallest absolute Gasteiger partial charge is 0.136 e. The molecule has 0 aliphatic rings. The Morgan fingerprint density at radius 2 is 1.35 bits per heavy atom. The van der Waals surface area contributed by atoms with Crippen LogP contribution in [0.3, 0.4) is 0 Å². The minimum absolute atomic E-state index is 0.377. The molecule has 0 amide bonds. The first-order chi connectivity index (χ1) is 15.1. The highest BCUT2D eigenvalue weighted by Gasteiger charge is 2.41. The van der Waals surface area contributed by atoms with Crippen molar-refractivity contribution in [3.8, 4) is 5.75 Å². The molecule has 0 bridgehead atoms. The van der Waals surface area contributed by atoms with Crippen molar-refractivity contribution in [3.63, 3.8) is 0 Å². The van der Waals surface area contributed by atoms with Crippen LogP contribution in [0.5, 0.6) is 5.75 Å². The van der Waals surface area contributed by atoms with Crippen LogP contribution in [0.15, 0.2) is 48.5 Å². The lowest BCUT2D eigenvalue weighted by atomic mass is 9.80. The lowest BCUT2D eigenvalue weighted by Crippen LogP contribution is -2.42. The zero-order chi connectivity index (χ0) is 22.5. The van der Waals surface area contributed by atoms with Gasteiger partial charge in [-0.25, -0.2) is 0 Å². The fourth-order valence-electron chi connectivity index (χ4n) is 3.91. The topological polar surface area (TPSA) is 69.9 Å². The third kappa shape index (κ3) is 7.34. The molecule has 2 rings (SSSR count). The van der Waals surface area contributed by atoms with Crippen molar-refractivity contribution >= 4 is 0 Å². The van der Waals surface area contributed by atoms with Crippen LogP contribution in [0.2, 0.25) is 0 Å². The lowest BCUT2D eigenvalue weighted by Gasteiger charge is -2.37. The first-order valence-electron chi connectivity index (χ1n) is 11.7. The van der Waals surface area contributed by atoms with E-state index < -0.39 is 11.5 Å². The number of rotatable bonds is 15. The maximum Gasteiger partial charge on any atom is 0.136 e. The zero-order valence-corrected chi connectivity index (χ0v) is 19.2. The van der Waals surface area contributed by atoms with Crippen LogP contribution in [0.25, 0.3) is 0 Å². The van der Waals surface area contributed by atoms with Crippen molar-refractivity contribution < 1.29 is 20.1 Å². The number of hydrogen-bond donors (Lipinski definition) is 3. The van der Waals surface area contributed by atoms with Gasteiger partial charge in [-0.1, -0.05) is 93.5 Å². The number of benzene rings is 2. The summed E-state index contributed by atoms with van der Waals surface area (Å²) in [5.41, 5.74) is 1.88. The Hall–Kier alpha value is -1.88. The van der Waals surface area contributed by atoms with Crippen LogP contribution >= 0.6 is 0 Å². The zero-order valence-electron chi connectivity index (χ0n) is 19.2. The molecule has 1 unspecified atom stereocenters. The van der Waals surface area contributed by atoms with E-state index in [0.717, 1.165) is 35.3 Å². The highest BCUT2D eigenvalue weighted by Crippen LogP contribution is 2.38. The summed E-state index contributed by atoms with van der Waals surface area (Å²) in [4.78, 5) is 0. The van der Waals surface area contributed by atoms with Gasteiger partial charge in [0.05, 0.1) is 25.2 Å². The van der Waals surface area contributed by atoms with E-state index in [9.17, 15) is 15.3 Å². The molecule has 0 saturated carbocycles. The van der Waals surface area contributed by atoms with Gasteiger partial charge >= 0.3 is 0 Å². The molecule has 2 aromatic carbocycles. The second-order valence-electron chi connectivity index (χ2n) is 8.72. The largest absolute Gasteiger partial charge is 0.485 e. The van der Waals surface area contributed by atoms with Crippen molar-refractivity contribution in [2.45, 2.75) is 71.3 Å². The second kappa shape index (κ2) is 13.5. The second-order valence-corrected chi connectivity index (χ2v) is 8.72. The monoisotopic (exact) mass is 428 g/mol. The lowest BCUT2D eigenvalue weighted by molar-refractivity contribution is -0.0745. The number of aryl methyl sites for hydroxylation is 2. The third-order valence-corrected chi connectivity index (χ3v) is 6.15. The fourth-order valence-corrected chi connectivity index (χ4v) is 3.91. The molecule has 4 heteroatoms. The van der Waals surface area contributed by atoms with Gasteiger partial charge in [-0.05, 0) is 37.0 Å². The van der Waals surface area contributed by atoms with Gasteiger partial charge in [-0.3, -0.25) is 0 Å². The van der Waals surface area contributed by atoms with E-state index in [4.69, 9.17) is 4.74 Å². The normalized spacial score (nSPS) is 12.7. The Morgan fingerprint density at radius 3 is 1.97 bits per heavy atom. The van der Waals surface area contributed by atoms with E-state index in [1.165, 1.54) is 38.5 Å². The van der Waals surface area contributed by atoms with Crippen LogP contribution in [-0.2, 0) is 6.42 Å². The van der Waals surface area contributed by atoms with E-state index in [-0.39, 0.29) is 19.8 Å². The predicted molar refractivity (Wildman–Crippen MR) is 126 cm³/mol. The molecule has 1 atom stereocenters. The summed E-state index contributed by atoms with van der Waals surface area (Å²) in [6.45, 7) is 3.11. The Morgan fingerprint density at radius 1 is 0.774 bits per heavy atom. The predicted octanol–water partition coefficient (Wildman–Crippen LogP) is 5.37. The highest BCUT2D eigenvalue weighted by atomic mass is 16.5. The van der Waals surface area contributed by atoms with E-state index in [2.05, 4.69) is 13.0 Å². The molecule has 4 nitrogen and oxygen atoms in total. The molecule has 0 spiro atoms. The summed E-state index contributed by atoms with van der Waals surface area (Å²) in [6.07, 6.45) is 9.03. The van der Waals surface area contributed by atoms with E-state index >= 15 is 0 Å². The molecule has 0 radical (unpaired) electrons. The highest BCUT2D eigenvalue weighted by molar-refractivity contribution is 5.35. The van der Waals surface area contributed by atoms with E-state index in [1.54, 1.807) is 0 Å². The van der Waals surface area contributed by atoms with Gasteiger partial charge in [0.1, 0.15) is 11.9 Å². The summed E-state index contributed by atoms with van der Waals surface area (Å²) >= 11 is 0. The maximum atomic E-state index is 10.1. The molecule has 0 heterocycles. The standard InChI is InChI=1S/C27H40O4/c1-3-4-5-6-7-8-9-12-23-13-10-11-14-25(23)31-26(27(19-28,20-29)21-30)24-17-15-22(2)16-18-24/h10-11,13-18,26,28-30H,3-9,12,19-21H2,1-2H3. The van der Waals surface area contributed by atoms with Crippen LogP contribution in [-0.4, -0.2) is 35.1 Å². The summed E-state index contributed by atoms with van der Waals surface area (Å²) in [6, 6.07) is 15.8. The fraction of sp³-hybridized carbons (Fsp3) is 0.556. The van der Waals surface area contributed by atoms with Gasteiger partial charge in [0, 0.05) is 0 Å². The average Bonchev–Trinajstić information content (AvgIpc) is 2.80. The Kier molecular flexibility index (Phi) is 11.1. The van der Waals surface area contributed by atoms with Crippen LogP contribution < -0.4 is 4.74 Å². The van der Waals surface area contributed by atoms with Gasteiger partial charge in [-0.2, -0.15) is 0 Å². The van der Waals surface area contributed by atoms with Crippen molar-refractivity contribution in [1.82, 2.24) is 0 Å². The van der Waals surface area contributed by atoms with Crippen molar-refractivity contribution in [2.75, 3.05) is 19.8 Å². The molecule has 3 N–H and O–H groups in total. The molecule has 0 fully saturated rings. The number of unbranched alkanes of at least 4 members (excludes halogenated alkanes) is 6. The molecule has 2 aromatic rings. The minimum Gasteiger partial charge on any atom is -0.485 e. The van der Waals surface area contributed by atoms with Gasteiger partial charge in [-0.15, -0.1) is 0 Å². The Labute approximate surface area is 187 Å². The molecule has 0 aliphatic heterocycles. The van der Waals surface area contributed by atoms with Crippen molar-refractivity contribution in [3.05, 3.63) is 65.2 Å². The van der Waals surface area contributed by atoms with Crippen LogP contribution in [0.4, 0.5) is 0 Å². The average molecular weight is 429 g/mol.